The predicted molar refractivity (Wildman–Crippen MR) is 117 cm³/mol. The number of fused-ring (bicyclic) bond motifs is 1. The van der Waals surface area contributed by atoms with Gasteiger partial charge >= 0.3 is 12.3 Å². The van der Waals surface area contributed by atoms with Crippen molar-refractivity contribution in [3.8, 4) is 11.5 Å². The minimum atomic E-state index is -4.43. The van der Waals surface area contributed by atoms with Gasteiger partial charge in [0.15, 0.2) is 0 Å². The molecule has 1 atom stereocenters. The highest BCUT2D eigenvalue weighted by Crippen LogP contribution is 2.34. The number of likely N-dealkylation sites (tertiary alicyclic amines) is 1. The Hall–Kier alpha value is -3.79. The van der Waals surface area contributed by atoms with E-state index in [1.807, 2.05) is 0 Å². The second kappa shape index (κ2) is 9.22. The van der Waals surface area contributed by atoms with Gasteiger partial charge < -0.3 is 25.2 Å². The first-order valence-electron chi connectivity index (χ1n) is 10.4. The third-order valence-electron chi connectivity index (χ3n) is 5.77. The number of carboxylic acid groups (broad SMARTS) is 1. The fourth-order valence-electron chi connectivity index (χ4n) is 3.81. The smallest absolute Gasteiger partial charge is 0.416 e. The van der Waals surface area contributed by atoms with Crippen molar-refractivity contribution >= 4 is 22.8 Å². The molecule has 0 bridgehead atoms. The summed E-state index contributed by atoms with van der Waals surface area (Å²) in [6, 6.07) is 13.8. The van der Waals surface area contributed by atoms with Crippen LogP contribution in [0.2, 0.25) is 0 Å². The molecule has 0 saturated carbocycles. The van der Waals surface area contributed by atoms with Gasteiger partial charge in [-0.1, -0.05) is 12.1 Å². The lowest BCUT2D eigenvalue weighted by Gasteiger charge is -2.41. The minimum absolute atomic E-state index is 0.172. The number of alkyl halides is 3. The third-order valence-corrected chi connectivity index (χ3v) is 5.77. The lowest BCUT2D eigenvalue weighted by molar-refractivity contribution is -0.137. The van der Waals surface area contributed by atoms with E-state index in [-0.39, 0.29) is 31.4 Å². The van der Waals surface area contributed by atoms with E-state index < -0.39 is 29.8 Å². The summed E-state index contributed by atoms with van der Waals surface area (Å²) in [5.41, 5.74) is -0.431. The van der Waals surface area contributed by atoms with Gasteiger partial charge in [-0.25, -0.2) is 4.79 Å². The van der Waals surface area contributed by atoms with Crippen LogP contribution in [-0.2, 0) is 6.18 Å². The molecular formula is C24H21F3N2O5. The van der Waals surface area contributed by atoms with Crippen LogP contribution in [0.4, 0.5) is 18.0 Å². The van der Waals surface area contributed by atoms with Crippen molar-refractivity contribution in [1.29, 1.82) is 0 Å². The number of aliphatic hydroxyl groups is 1. The Balaban J connectivity index is 1.48. The van der Waals surface area contributed by atoms with E-state index in [0.717, 1.165) is 12.1 Å². The van der Waals surface area contributed by atoms with Crippen LogP contribution < -0.4 is 10.1 Å². The fraction of sp³-hybridized carbons (Fsp3) is 0.250. The van der Waals surface area contributed by atoms with Crippen LogP contribution in [0.25, 0.3) is 10.8 Å². The molecule has 0 aromatic heterocycles. The van der Waals surface area contributed by atoms with Crippen LogP contribution in [0.1, 0.15) is 15.9 Å². The number of halogens is 3. The molecule has 7 nitrogen and oxygen atoms in total. The lowest BCUT2D eigenvalue weighted by Crippen LogP contribution is -2.59. The zero-order valence-electron chi connectivity index (χ0n) is 17.7. The molecule has 1 heterocycles. The maximum atomic E-state index is 12.8. The molecule has 178 valence electrons. The summed E-state index contributed by atoms with van der Waals surface area (Å²) in [5.74, 6) is 0.0720. The van der Waals surface area contributed by atoms with Crippen LogP contribution >= 0.6 is 0 Å². The Morgan fingerprint density at radius 1 is 1.09 bits per heavy atom. The normalized spacial score (nSPS) is 15.0. The van der Waals surface area contributed by atoms with Gasteiger partial charge in [-0.2, -0.15) is 13.2 Å². The van der Waals surface area contributed by atoms with Gasteiger partial charge in [0.25, 0.3) is 5.91 Å². The van der Waals surface area contributed by atoms with Gasteiger partial charge in [0, 0.05) is 30.0 Å². The average Bonchev–Trinajstić information content (AvgIpc) is 2.76. The molecule has 0 unspecified atom stereocenters. The van der Waals surface area contributed by atoms with E-state index in [0.29, 0.717) is 22.1 Å². The molecule has 0 aliphatic carbocycles. The largest absolute Gasteiger partial charge is 0.465 e. The Labute approximate surface area is 192 Å². The Morgan fingerprint density at radius 2 is 1.79 bits per heavy atom. The first-order chi connectivity index (χ1) is 16.2. The van der Waals surface area contributed by atoms with Crippen LogP contribution in [0.15, 0.2) is 60.7 Å². The summed E-state index contributed by atoms with van der Waals surface area (Å²) in [5, 5.41) is 22.7. The summed E-state index contributed by atoms with van der Waals surface area (Å²) in [7, 11) is 0. The van der Waals surface area contributed by atoms with Crippen molar-refractivity contribution < 1.29 is 37.7 Å². The SMILES string of the molecule is O=C(N[C@H](CO)C1CN(C(=O)O)C1)c1ccc2c(Oc3ccc(C(F)(F)F)cc3)cccc2c1. The highest BCUT2D eigenvalue weighted by molar-refractivity contribution is 6.00. The van der Waals surface area contributed by atoms with Gasteiger partial charge in [0.05, 0.1) is 18.2 Å². The van der Waals surface area contributed by atoms with E-state index in [9.17, 15) is 27.9 Å². The maximum absolute atomic E-state index is 12.8. The van der Waals surface area contributed by atoms with E-state index in [1.165, 1.54) is 17.0 Å². The molecule has 0 spiro atoms. The number of benzene rings is 3. The number of hydrogen-bond donors (Lipinski definition) is 3. The summed E-state index contributed by atoms with van der Waals surface area (Å²) < 4.78 is 44.1. The third kappa shape index (κ3) is 4.91. The number of nitrogens with zero attached hydrogens (tertiary/aromatic N) is 1. The van der Waals surface area contributed by atoms with Gasteiger partial charge in [-0.15, -0.1) is 0 Å². The predicted octanol–water partition coefficient (Wildman–Crippen LogP) is 4.35. The number of carbonyl (C=O) groups is 2. The van der Waals surface area contributed by atoms with E-state index >= 15 is 0 Å². The summed E-state index contributed by atoms with van der Waals surface area (Å²) in [6.07, 6.45) is -5.47. The van der Waals surface area contributed by atoms with Crippen molar-refractivity contribution in [1.82, 2.24) is 10.2 Å². The van der Waals surface area contributed by atoms with Crippen LogP contribution in [0.3, 0.4) is 0 Å². The molecule has 3 aromatic rings. The number of hydrogen-bond acceptors (Lipinski definition) is 4. The Kier molecular flexibility index (Phi) is 6.34. The van der Waals surface area contributed by atoms with E-state index in [2.05, 4.69) is 5.32 Å². The van der Waals surface area contributed by atoms with Crippen LogP contribution in [0.5, 0.6) is 11.5 Å². The minimum Gasteiger partial charge on any atom is -0.465 e. The molecule has 1 saturated heterocycles. The molecule has 1 fully saturated rings. The zero-order chi connectivity index (χ0) is 24.5. The van der Waals surface area contributed by atoms with Gasteiger partial charge in [-0.05, 0) is 53.9 Å². The lowest BCUT2D eigenvalue weighted by atomic mass is 9.92. The fourth-order valence-corrected chi connectivity index (χ4v) is 3.81. The highest BCUT2D eigenvalue weighted by Gasteiger charge is 2.36. The van der Waals surface area contributed by atoms with Gasteiger partial charge in [-0.3, -0.25) is 4.79 Å². The van der Waals surface area contributed by atoms with Crippen molar-refractivity contribution in [2.24, 2.45) is 5.92 Å². The van der Waals surface area contributed by atoms with E-state index in [4.69, 9.17) is 9.84 Å². The highest BCUT2D eigenvalue weighted by atomic mass is 19.4. The first kappa shape index (κ1) is 23.4. The Bertz CT molecular complexity index is 1210. The zero-order valence-corrected chi connectivity index (χ0v) is 17.7. The molecule has 1 aliphatic rings. The molecule has 34 heavy (non-hydrogen) atoms. The quantitative estimate of drug-likeness (QED) is 0.493. The first-order valence-corrected chi connectivity index (χ1v) is 10.4. The molecule has 3 aromatic carbocycles. The van der Waals surface area contributed by atoms with Crippen molar-refractivity contribution in [2.75, 3.05) is 19.7 Å². The van der Waals surface area contributed by atoms with Crippen molar-refractivity contribution in [3.63, 3.8) is 0 Å². The number of aliphatic hydroxyl groups excluding tert-OH is 1. The average molecular weight is 474 g/mol. The molecule has 2 amide bonds. The number of rotatable bonds is 6. The van der Waals surface area contributed by atoms with Crippen molar-refractivity contribution in [3.05, 3.63) is 71.8 Å². The number of nitrogens with one attached hydrogen (secondary N) is 1. The summed E-state index contributed by atoms with van der Waals surface area (Å²) >= 11 is 0. The van der Waals surface area contributed by atoms with Crippen LogP contribution in [0, 0.1) is 5.92 Å². The molecule has 4 rings (SSSR count). The molecule has 3 N–H and O–H groups in total. The summed E-state index contributed by atoms with van der Waals surface area (Å²) in [4.78, 5) is 24.9. The second-order valence-corrected chi connectivity index (χ2v) is 8.03. The summed E-state index contributed by atoms with van der Waals surface area (Å²) in [6.45, 7) is 0.162. The number of amides is 2. The monoisotopic (exact) mass is 474 g/mol. The molecular weight excluding hydrogens is 453 g/mol. The maximum Gasteiger partial charge on any atom is 0.416 e. The molecule has 0 radical (unpaired) electrons. The van der Waals surface area contributed by atoms with Crippen molar-refractivity contribution in [2.45, 2.75) is 12.2 Å². The van der Waals surface area contributed by atoms with Gasteiger partial charge in [0.1, 0.15) is 11.5 Å². The Morgan fingerprint density at radius 3 is 2.41 bits per heavy atom. The topological polar surface area (TPSA) is 99.1 Å². The van der Waals surface area contributed by atoms with E-state index in [1.54, 1.807) is 36.4 Å². The second-order valence-electron chi connectivity index (χ2n) is 8.03. The molecule has 10 heteroatoms. The molecule has 1 aliphatic heterocycles. The number of carbonyl (C=O) groups excluding carboxylic acids is 1. The standard InChI is InChI=1S/C24H21F3N2O5/c25-24(26,27)17-5-7-18(8-6-17)34-21-3-1-2-14-10-15(4-9-19(14)21)22(31)28-20(13-30)16-11-29(12-16)23(32)33/h1-10,16,20,30H,11-13H2,(H,28,31)(H,32,33)/t20-/m1/s1. The number of ether oxygens (including phenoxy) is 1. The van der Waals surface area contributed by atoms with Gasteiger partial charge in [0.2, 0.25) is 0 Å². The van der Waals surface area contributed by atoms with Crippen LogP contribution in [-0.4, -0.2) is 52.9 Å².